The lowest BCUT2D eigenvalue weighted by Crippen LogP contribution is -2.51. The first kappa shape index (κ1) is 18.1. The Bertz CT molecular complexity index is 696. The predicted octanol–water partition coefficient (Wildman–Crippen LogP) is 2.81. The summed E-state index contributed by atoms with van der Waals surface area (Å²) in [6.07, 6.45) is 0.368. The Balaban J connectivity index is 1.95. The molecular formula is C21H22O5. The molecular weight excluding hydrogens is 332 g/mol. The molecule has 2 aromatic rings. The Labute approximate surface area is 152 Å². The molecule has 1 saturated carbocycles. The summed E-state index contributed by atoms with van der Waals surface area (Å²) in [5, 5.41) is 18.7. The van der Waals surface area contributed by atoms with Gasteiger partial charge in [0.25, 0.3) is 0 Å². The monoisotopic (exact) mass is 354 g/mol. The Morgan fingerprint density at radius 3 is 1.77 bits per heavy atom. The van der Waals surface area contributed by atoms with E-state index in [1.54, 1.807) is 0 Å². The maximum atomic E-state index is 12.7. The van der Waals surface area contributed by atoms with Crippen LogP contribution in [0.15, 0.2) is 60.7 Å². The molecule has 1 aliphatic carbocycles. The van der Waals surface area contributed by atoms with Gasteiger partial charge in [0, 0.05) is 24.9 Å². The molecule has 2 atom stereocenters. The molecule has 0 spiro atoms. The van der Waals surface area contributed by atoms with E-state index in [0.29, 0.717) is 6.42 Å². The second-order valence-corrected chi connectivity index (χ2v) is 6.51. The maximum Gasteiger partial charge on any atom is 0.310 e. The fourth-order valence-electron chi connectivity index (χ4n) is 3.86. The van der Waals surface area contributed by atoms with Crippen molar-refractivity contribution in [3.05, 3.63) is 71.8 Å². The normalized spacial score (nSPS) is 24.5. The molecule has 0 amide bonds. The molecule has 5 heteroatoms. The maximum absolute atomic E-state index is 12.7. The average Bonchev–Trinajstić information content (AvgIpc) is 2.62. The Morgan fingerprint density at radius 2 is 1.35 bits per heavy atom. The number of aliphatic hydroxyl groups excluding tert-OH is 1. The third kappa shape index (κ3) is 3.48. The zero-order chi connectivity index (χ0) is 18.5. The lowest BCUT2D eigenvalue weighted by molar-refractivity contribution is -0.164. The molecule has 1 aliphatic rings. The molecule has 1 fully saturated rings. The van der Waals surface area contributed by atoms with Gasteiger partial charge in [-0.25, -0.2) is 0 Å². The van der Waals surface area contributed by atoms with Crippen LogP contribution < -0.4 is 0 Å². The van der Waals surface area contributed by atoms with Crippen molar-refractivity contribution in [1.82, 2.24) is 0 Å². The first-order chi connectivity index (χ1) is 12.6. The van der Waals surface area contributed by atoms with Gasteiger partial charge in [-0.2, -0.15) is 0 Å². The van der Waals surface area contributed by atoms with Crippen LogP contribution in [0.3, 0.4) is 0 Å². The van der Waals surface area contributed by atoms with E-state index in [0.717, 1.165) is 11.1 Å². The number of benzene rings is 2. The summed E-state index contributed by atoms with van der Waals surface area (Å²) >= 11 is 0. The Morgan fingerprint density at radius 1 is 0.846 bits per heavy atom. The summed E-state index contributed by atoms with van der Waals surface area (Å²) < 4.78 is 5.33. The van der Waals surface area contributed by atoms with Gasteiger partial charge in [0.2, 0.25) is 0 Å². The van der Waals surface area contributed by atoms with Crippen LogP contribution in [0.5, 0.6) is 0 Å². The number of carbonyl (C=O) groups is 2. The lowest BCUT2D eigenvalue weighted by atomic mass is 9.52. The lowest BCUT2D eigenvalue weighted by Gasteiger charge is -2.49. The van der Waals surface area contributed by atoms with Crippen molar-refractivity contribution in [2.24, 2.45) is 11.8 Å². The van der Waals surface area contributed by atoms with Crippen molar-refractivity contribution in [2.75, 3.05) is 13.2 Å². The third-order valence-electron chi connectivity index (χ3n) is 5.02. The number of ether oxygens (including phenoxy) is 1. The third-order valence-corrected chi connectivity index (χ3v) is 5.02. The molecule has 0 aliphatic heterocycles. The highest BCUT2D eigenvalue weighted by molar-refractivity contribution is 5.84. The van der Waals surface area contributed by atoms with Crippen LogP contribution in [0.25, 0.3) is 0 Å². The van der Waals surface area contributed by atoms with Crippen LogP contribution in [-0.2, 0) is 14.3 Å². The van der Waals surface area contributed by atoms with E-state index in [9.17, 15) is 14.7 Å². The minimum Gasteiger partial charge on any atom is -0.481 e. The van der Waals surface area contributed by atoms with E-state index in [1.165, 1.54) is 0 Å². The number of aliphatic carboxylic acids is 1. The summed E-state index contributed by atoms with van der Waals surface area (Å²) in [5.41, 5.74) is 1.66. The highest BCUT2D eigenvalue weighted by atomic mass is 16.5. The first-order valence-electron chi connectivity index (χ1n) is 8.75. The van der Waals surface area contributed by atoms with Crippen molar-refractivity contribution in [1.29, 1.82) is 0 Å². The van der Waals surface area contributed by atoms with Gasteiger partial charge >= 0.3 is 11.9 Å². The molecule has 0 aromatic heterocycles. The predicted molar refractivity (Wildman–Crippen MR) is 95.6 cm³/mol. The highest BCUT2D eigenvalue weighted by Crippen LogP contribution is 2.57. The number of aliphatic hydroxyl groups is 1. The zero-order valence-corrected chi connectivity index (χ0v) is 14.3. The van der Waals surface area contributed by atoms with E-state index < -0.39 is 35.6 Å². The molecule has 2 N–H and O–H groups in total. The summed E-state index contributed by atoms with van der Waals surface area (Å²) in [6.45, 7) is 0.0759. The van der Waals surface area contributed by atoms with E-state index in [-0.39, 0.29) is 13.2 Å². The number of hydrogen-bond donors (Lipinski definition) is 2. The van der Waals surface area contributed by atoms with Crippen molar-refractivity contribution in [2.45, 2.75) is 18.3 Å². The number of carboxylic acid groups (broad SMARTS) is 1. The Kier molecular flexibility index (Phi) is 5.68. The van der Waals surface area contributed by atoms with Crippen molar-refractivity contribution >= 4 is 11.9 Å². The molecule has 136 valence electrons. The molecule has 3 rings (SSSR count). The largest absolute Gasteiger partial charge is 0.481 e. The minimum atomic E-state index is -0.910. The van der Waals surface area contributed by atoms with E-state index in [4.69, 9.17) is 9.84 Å². The van der Waals surface area contributed by atoms with Gasteiger partial charge in [0.1, 0.15) is 0 Å². The summed E-state index contributed by atoms with van der Waals surface area (Å²) in [5.74, 6) is -3.42. The smallest absolute Gasteiger partial charge is 0.310 e. The number of esters is 1. The van der Waals surface area contributed by atoms with E-state index in [2.05, 4.69) is 0 Å². The second-order valence-electron chi connectivity index (χ2n) is 6.51. The number of rotatable bonds is 7. The quantitative estimate of drug-likeness (QED) is 0.590. The highest BCUT2D eigenvalue weighted by Gasteiger charge is 2.59. The van der Waals surface area contributed by atoms with Gasteiger partial charge < -0.3 is 14.9 Å². The number of hydrogen-bond acceptors (Lipinski definition) is 4. The minimum absolute atomic E-state index is 0.0556. The number of carboxylic acids is 1. The fraction of sp³-hybridized carbons (Fsp3) is 0.333. The summed E-state index contributed by atoms with van der Waals surface area (Å²) in [7, 11) is 0. The van der Waals surface area contributed by atoms with Crippen molar-refractivity contribution in [3.63, 3.8) is 0 Å². The van der Waals surface area contributed by atoms with E-state index >= 15 is 0 Å². The number of carbonyl (C=O) groups excluding carboxylic acids is 1. The first-order valence-corrected chi connectivity index (χ1v) is 8.75. The molecule has 0 radical (unpaired) electrons. The van der Waals surface area contributed by atoms with Crippen LogP contribution in [0, 0.1) is 11.8 Å². The van der Waals surface area contributed by atoms with Crippen LogP contribution in [0.2, 0.25) is 0 Å². The van der Waals surface area contributed by atoms with Gasteiger partial charge in [0.15, 0.2) is 0 Å². The van der Waals surface area contributed by atoms with Gasteiger partial charge in [-0.1, -0.05) is 60.7 Å². The molecule has 0 saturated heterocycles. The van der Waals surface area contributed by atoms with Crippen LogP contribution in [0.1, 0.15) is 29.4 Å². The average molecular weight is 354 g/mol. The molecule has 26 heavy (non-hydrogen) atoms. The molecule has 0 unspecified atom stereocenters. The molecule has 5 nitrogen and oxygen atoms in total. The molecule has 0 bridgehead atoms. The summed E-state index contributed by atoms with van der Waals surface area (Å²) in [6, 6.07) is 18.5. The van der Waals surface area contributed by atoms with Gasteiger partial charge in [0.05, 0.1) is 18.4 Å². The van der Waals surface area contributed by atoms with Gasteiger partial charge in [-0.05, 0) is 11.1 Å². The van der Waals surface area contributed by atoms with Crippen molar-refractivity contribution in [3.8, 4) is 0 Å². The van der Waals surface area contributed by atoms with Crippen LogP contribution >= 0.6 is 0 Å². The fourth-order valence-corrected chi connectivity index (χ4v) is 3.86. The van der Waals surface area contributed by atoms with Crippen LogP contribution in [-0.4, -0.2) is 35.4 Å². The van der Waals surface area contributed by atoms with Gasteiger partial charge in [-0.15, -0.1) is 0 Å². The summed E-state index contributed by atoms with van der Waals surface area (Å²) in [4.78, 5) is 24.7. The molecule has 2 aromatic carbocycles. The second kappa shape index (κ2) is 8.15. The van der Waals surface area contributed by atoms with Gasteiger partial charge in [-0.3, -0.25) is 9.59 Å². The SMILES string of the molecule is O=C(O)C1[C@@H](c2ccccc2)C(C(=O)OCCCO)[C@@H]1c1ccccc1. The topological polar surface area (TPSA) is 83.8 Å². The van der Waals surface area contributed by atoms with Crippen molar-refractivity contribution < 1.29 is 24.5 Å². The molecule has 0 heterocycles. The van der Waals surface area contributed by atoms with Crippen LogP contribution in [0.4, 0.5) is 0 Å². The Hall–Kier alpha value is -2.66. The zero-order valence-electron chi connectivity index (χ0n) is 14.3. The van der Waals surface area contributed by atoms with E-state index in [1.807, 2.05) is 60.7 Å². The standard InChI is InChI=1S/C21H22O5/c22-12-7-13-26-21(25)19-16(14-8-3-1-4-9-14)18(20(23)24)17(19)15-10-5-2-6-11-15/h1-6,8-11,16-19,22H,7,12-13H2,(H,23,24)/t16-,17-,18?,19?/m1/s1.